The fourth-order valence-electron chi connectivity index (χ4n) is 4.63. The van der Waals surface area contributed by atoms with Gasteiger partial charge in [0.1, 0.15) is 18.3 Å². The quantitative estimate of drug-likeness (QED) is 0.515. The Labute approximate surface area is 203 Å². The van der Waals surface area contributed by atoms with Crippen molar-refractivity contribution in [1.29, 1.82) is 0 Å². The number of carbonyl (C=O) groups excluding carboxylic acids is 2. The van der Waals surface area contributed by atoms with Crippen LogP contribution < -0.4 is 5.32 Å². The average molecular weight is 477 g/mol. The minimum atomic E-state index is -1.08. The van der Waals surface area contributed by atoms with E-state index in [2.05, 4.69) is 22.5 Å². The monoisotopic (exact) mass is 476 g/mol. The number of nitrogens with one attached hydrogen (secondary N) is 1. The first kappa shape index (κ1) is 24.0. The number of aryl methyl sites for hydroxylation is 1. The number of aromatic nitrogens is 2. The van der Waals surface area contributed by atoms with E-state index in [1.807, 2.05) is 36.4 Å². The molecule has 2 amide bonds. The highest BCUT2D eigenvalue weighted by atomic mass is 16.5. The highest BCUT2D eigenvalue weighted by Gasteiger charge is 2.30. The van der Waals surface area contributed by atoms with E-state index in [0.29, 0.717) is 5.56 Å². The molecule has 1 aliphatic carbocycles. The second kappa shape index (κ2) is 10.0. The molecule has 0 saturated carbocycles. The van der Waals surface area contributed by atoms with Gasteiger partial charge in [-0.2, -0.15) is 5.10 Å². The summed E-state index contributed by atoms with van der Waals surface area (Å²) in [6.07, 6.45) is 1.13. The molecular weight excluding hydrogens is 448 g/mol. The van der Waals surface area contributed by atoms with Crippen LogP contribution in [0.4, 0.5) is 4.79 Å². The van der Waals surface area contributed by atoms with Gasteiger partial charge < -0.3 is 20.1 Å². The van der Waals surface area contributed by atoms with E-state index >= 15 is 0 Å². The lowest BCUT2D eigenvalue weighted by Gasteiger charge is -2.24. The van der Waals surface area contributed by atoms with Gasteiger partial charge in [0.15, 0.2) is 0 Å². The summed E-state index contributed by atoms with van der Waals surface area (Å²) in [5.74, 6) is -1.62. The molecule has 9 nitrogen and oxygen atoms in total. The normalized spacial score (nSPS) is 13.0. The van der Waals surface area contributed by atoms with Crippen molar-refractivity contribution >= 4 is 18.0 Å². The van der Waals surface area contributed by atoms with E-state index in [-0.39, 0.29) is 31.2 Å². The zero-order valence-electron chi connectivity index (χ0n) is 19.9. The van der Waals surface area contributed by atoms with Crippen LogP contribution in [-0.2, 0) is 23.1 Å². The van der Waals surface area contributed by atoms with Gasteiger partial charge in [-0.25, -0.2) is 9.59 Å². The van der Waals surface area contributed by atoms with Gasteiger partial charge in [0.05, 0.1) is 12.7 Å². The van der Waals surface area contributed by atoms with E-state index in [4.69, 9.17) is 4.74 Å². The summed E-state index contributed by atoms with van der Waals surface area (Å²) in [5, 5.41) is 16.2. The maximum atomic E-state index is 13.0. The molecule has 0 aliphatic heterocycles. The van der Waals surface area contributed by atoms with Gasteiger partial charge in [-0.05, 0) is 28.7 Å². The van der Waals surface area contributed by atoms with Crippen LogP contribution >= 0.6 is 0 Å². The third-order valence-corrected chi connectivity index (χ3v) is 6.44. The minimum absolute atomic E-state index is 0.0172. The number of nitrogens with zero attached hydrogens (tertiary/aromatic N) is 3. The Hall–Kier alpha value is -4.14. The van der Waals surface area contributed by atoms with E-state index in [1.165, 1.54) is 22.8 Å². The molecule has 0 spiro atoms. The number of hydrogen-bond acceptors (Lipinski definition) is 5. The van der Waals surface area contributed by atoms with Crippen molar-refractivity contribution in [3.8, 4) is 11.1 Å². The molecule has 182 valence electrons. The van der Waals surface area contributed by atoms with Crippen LogP contribution in [0.3, 0.4) is 0 Å². The van der Waals surface area contributed by atoms with Gasteiger partial charge in [-0.1, -0.05) is 55.5 Å². The Bertz CT molecular complexity index is 1220. The van der Waals surface area contributed by atoms with Crippen LogP contribution in [0.1, 0.15) is 46.4 Å². The molecule has 4 rings (SSSR count). The number of rotatable bonds is 8. The van der Waals surface area contributed by atoms with Crippen LogP contribution in [0.25, 0.3) is 11.1 Å². The Morgan fingerprint density at radius 1 is 1.11 bits per heavy atom. The summed E-state index contributed by atoms with van der Waals surface area (Å²) in [6, 6.07) is 15.2. The molecule has 2 aromatic carbocycles. The van der Waals surface area contributed by atoms with Gasteiger partial charge in [-0.3, -0.25) is 9.48 Å². The third kappa shape index (κ3) is 4.62. The molecule has 0 radical (unpaired) electrons. The molecule has 1 aliphatic rings. The average Bonchev–Trinajstić information content (AvgIpc) is 3.38. The predicted molar refractivity (Wildman–Crippen MR) is 129 cm³/mol. The third-order valence-electron chi connectivity index (χ3n) is 6.44. The maximum absolute atomic E-state index is 13.0. The van der Waals surface area contributed by atoms with Crippen LogP contribution in [0.5, 0.6) is 0 Å². The Balaban J connectivity index is 1.41. The summed E-state index contributed by atoms with van der Waals surface area (Å²) in [7, 11) is 3.04. The number of carboxylic acids is 1. The van der Waals surface area contributed by atoms with Gasteiger partial charge in [0.2, 0.25) is 0 Å². The van der Waals surface area contributed by atoms with Crippen molar-refractivity contribution in [3.63, 3.8) is 0 Å². The van der Waals surface area contributed by atoms with Crippen LogP contribution in [0.2, 0.25) is 0 Å². The first-order chi connectivity index (χ1) is 16.8. The second-order valence-electron chi connectivity index (χ2n) is 8.50. The van der Waals surface area contributed by atoms with Crippen LogP contribution in [0, 0.1) is 0 Å². The SMILES string of the molecule is CCC(C(=O)O)N(C)C(=O)c1c(CNC(=O)OCC2c3ccccc3-c3ccccc32)cnn1C. The lowest BCUT2D eigenvalue weighted by atomic mass is 9.98. The van der Waals surface area contributed by atoms with Crippen molar-refractivity contribution in [2.24, 2.45) is 7.05 Å². The van der Waals surface area contributed by atoms with E-state index in [0.717, 1.165) is 22.3 Å². The van der Waals surface area contributed by atoms with E-state index < -0.39 is 24.0 Å². The number of amides is 2. The summed E-state index contributed by atoms with van der Waals surface area (Å²) in [5.41, 5.74) is 5.21. The number of fused-ring (bicyclic) bond motifs is 3. The molecule has 1 heterocycles. The number of aliphatic carboxylic acids is 1. The largest absolute Gasteiger partial charge is 0.480 e. The molecule has 1 unspecified atom stereocenters. The predicted octanol–water partition coefficient (Wildman–Crippen LogP) is 3.39. The Kier molecular flexibility index (Phi) is 6.86. The number of benzene rings is 2. The van der Waals surface area contributed by atoms with Crippen LogP contribution in [-0.4, -0.2) is 57.5 Å². The molecule has 1 atom stereocenters. The Morgan fingerprint density at radius 3 is 2.29 bits per heavy atom. The molecule has 35 heavy (non-hydrogen) atoms. The van der Waals surface area contributed by atoms with Gasteiger partial charge in [0.25, 0.3) is 5.91 Å². The van der Waals surface area contributed by atoms with E-state index in [1.54, 1.807) is 14.0 Å². The molecule has 0 saturated heterocycles. The number of hydrogen-bond donors (Lipinski definition) is 2. The first-order valence-electron chi connectivity index (χ1n) is 11.4. The fourth-order valence-corrected chi connectivity index (χ4v) is 4.63. The second-order valence-corrected chi connectivity index (χ2v) is 8.50. The van der Waals surface area contributed by atoms with Gasteiger partial charge in [-0.15, -0.1) is 0 Å². The molecule has 9 heteroatoms. The number of ether oxygens (including phenoxy) is 1. The molecule has 0 fully saturated rings. The molecular formula is C26H28N4O5. The van der Waals surface area contributed by atoms with Crippen molar-refractivity contribution in [2.45, 2.75) is 31.8 Å². The first-order valence-corrected chi connectivity index (χ1v) is 11.4. The number of likely N-dealkylation sites (N-methyl/N-ethyl adjacent to an activating group) is 1. The number of carbonyl (C=O) groups is 3. The highest BCUT2D eigenvalue weighted by Crippen LogP contribution is 2.44. The zero-order chi connectivity index (χ0) is 25.1. The van der Waals surface area contributed by atoms with Crippen molar-refractivity contribution in [1.82, 2.24) is 20.0 Å². The van der Waals surface area contributed by atoms with Gasteiger partial charge >= 0.3 is 12.1 Å². The van der Waals surface area contributed by atoms with Gasteiger partial charge in [0, 0.05) is 25.6 Å². The minimum Gasteiger partial charge on any atom is -0.480 e. The zero-order valence-corrected chi connectivity index (χ0v) is 19.9. The standard InChI is InChI=1S/C26H28N4O5/c1-4-22(25(32)33)29(2)24(31)23-16(14-28-30(23)3)13-27-26(34)35-15-21-19-11-7-5-9-17(19)18-10-6-8-12-20(18)21/h5-12,14,21-22H,4,13,15H2,1-3H3,(H,27,34)(H,32,33). The van der Waals surface area contributed by atoms with Crippen molar-refractivity contribution in [2.75, 3.05) is 13.7 Å². The fraction of sp³-hybridized carbons (Fsp3) is 0.308. The lowest BCUT2D eigenvalue weighted by molar-refractivity contribution is -0.142. The molecule has 1 aromatic heterocycles. The smallest absolute Gasteiger partial charge is 0.407 e. The highest BCUT2D eigenvalue weighted by molar-refractivity contribution is 5.96. The van der Waals surface area contributed by atoms with E-state index in [9.17, 15) is 19.5 Å². The van der Waals surface area contributed by atoms with Crippen molar-refractivity contribution < 1.29 is 24.2 Å². The summed E-state index contributed by atoms with van der Waals surface area (Å²) >= 11 is 0. The topological polar surface area (TPSA) is 114 Å². The lowest BCUT2D eigenvalue weighted by Crippen LogP contribution is -2.43. The Morgan fingerprint density at radius 2 is 1.71 bits per heavy atom. The summed E-state index contributed by atoms with van der Waals surface area (Å²) in [4.78, 5) is 38.2. The number of carboxylic acid groups (broad SMARTS) is 1. The molecule has 2 N–H and O–H groups in total. The summed E-state index contributed by atoms with van der Waals surface area (Å²) < 4.78 is 6.93. The van der Waals surface area contributed by atoms with Crippen LogP contribution in [0.15, 0.2) is 54.7 Å². The van der Waals surface area contributed by atoms with Crippen molar-refractivity contribution in [3.05, 3.63) is 77.1 Å². The maximum Gasteiger partial charge on any atom is 0.407 e. The number of alkyl carbamates (subject to hydrolysis) is 1. The molecule has 0 bridgehead atoms. The molecule has 3 aromatic rings. The summed E-state index contributed by atoms with van der Waals surface area (Å²) in [6.45, 7) is 1.90.